The quantitative estimate of drug-likeness (QED) is 0.329. The Kier molecular flexibility index (Phi) is 7.39. The Balaban J connectivity index is 3.04. The van der Waals surface area contributed by atoms with Gasteiger partial charge in [0, 0.05) is 29.6 Å². The van der Waals surface area contributed by atoms with Gasteiger partial charge in [-0.3, -0.25) is 0 Å². The van der Waals surface area contributed by atoms with Crippen LogP contribution < -0.4 is 4.74 Å². The molecule has 132 valence electrons. The second-order valence-corrected chi connectivity index (χ2v) is 5.16. The van der Waals surface area contributed by atoms with E-state index in [1.807, 2.05) is 17.8 Å². The minimum atomic E-state index is -5.81. The maximum atomic E-state index is 13.6. The Hall–Kier alpha value is -3.99. The molecule has 1 aromatic carbocycles. The molecule has 0 N–H and O–H groups in total. The maximum absolute atomic E-state index is 13.6. The van der Waals surface area contributed by atoms with Crippen molar-refractivity contribution in [3.8, 4) is 77.5 Å². The van der Waals surface area contributed by atoms with E-state index in [1.54, 1.807) is 6.11 Å². The minimum Gasteiger partial charge on any atom is -0.744 e. The van der Waals surface area contributed by atoms with Gasteiger partial charge in [0.15, 0.2) is 11.6 Å². The van der Waals surface area contributed by atoms with E-state index in [4.69, 9.17) is 6.42 Å². The van der Waals surface area contributed by atoms with Gasteiger partial charge < -0.3 is 9.29 Å². The summed E-state index contributed by atoms with van der Waals surface area (Å²) in [4.78, 5) is -2.30. The first-order chi connectivity index (χ1) is 12.7. The van der Waals surface area contributed by atoms with Gasteiger partial charge in [0.25, 0.3) is 0 Å². The molecule has 0 aliphatic heterocycles. The summed E-state index contributed by atoms with van der Waals surface area (Å²) in [7, 11) is -5.81. The van der Waals surface area contributed by atoms with Crippen LogP contribution in [0.2, 0.25) is 0 Å². The third-order valence-corrected chi connectivity index (χ3v) is 3.07. The summed E-state index contributed by atoms with van der Waals surface area (Å²) in [6.45, 7) is 0. The number of terminal acetylenes is 1. The summed E-state index contributed by atoms with van der Waals surface area (Å²) in [6.07, 6.45) is 6.44. The van der Waals surface area contributed by atoms with E-state index >= 15 is 0 Å². The van der Waals surface area contributed by atoms with Gasteiger partial charge in [-0.25, -0.2) is 17.2 Å². The predicted molar refractivity (Wildman–Crippen MR) is 82.6 cm³/mol. The zero-order valence-corrected chi connectivity index (χ0v) is 13.4. The summed E-state index contributed by atoms with van der Waals surface area (Å²) in [6, 6.07) is 0. The summed E-state index contributed by atoms with van der Waals surface area (Å²) < 4.78 is 90.2. The summed E-state index contributed by atoms with van der Waals surface area (Å²) in [5, 5.41) is 0. The Morgan fingerprint density at radius 3 is 1.56 bits per heavy atom. The van der Waals surface area contributed by atoms with Crippen molar-refractivity contribution in [1.29, 1.82) is 0 Å². The first-order valence-electron chi connectivity index (χ1n) is 6.16. The van der Waals surface area contributed by atoms with E-state index in [0.717, 1.165) is 0 Å². The van der Waals surface area contributed by atoms with Gasteiger partial charge >= 0.3 is 0 Å². The Bertz CT molecular complexity index is 1220. The molecule has 1 rings (SSSR count). The summed E-state index contributed by atoms with van der Waals surface area (Å²) in [5.74, 6) is 10.4. The smallest absolute Gasteiger partial charge is 0.217 e. The van der Waals surface area contributed by atoms with Gasteiger partial charge in [0.2, 0.25) is 17.4 Å². The predicted octanol–water partition coefficient (Wildman–Crippen LogP) is 1.13. The largest absolute Gasteiger partial charge is 0.744 e. The van der Waals surface area contributed by atoms with Gasteiger partial charge in [-0.2, -0.15) is 8.78 Å². The normalized spacial score (nSPS) is 8.44. The summed E-state index contributed by atoms with van der Waals surface area (Å²) >= 11 is 0. The van der Waals surface area contributed by atoms with Crippen LogP contribution in [0.5, 0.6) is 5.75 Å². The maximum Gasteiger partial charge on any atom is 0.217 e. The lowest BCUT2D eigenvalue weighted by molar-refractivity contribution is 0.354. The number of benzene rings is 1. The highest BCUT2D eigenvalue weighted by atomic mass is 32.2. The van der Waals surface area contributed by atoms with E-state index < -0.39 is 44.0 Å². The van der Waals surface area contributed by atoms with E-state index in [0.29, 0.717) is 0 Å². The van der Waals surface area contributed by atoms with Gasteiger partial charge in [-0.05, 0) is 29.6 Å². The van der Waals surface area contributed by atoms with Crippen LogP contribution in [0.25, 0.3) is 0 Å². The van der Waals surface area contributed by atoms with Gasteiger partial charge in [0.05, 0.1) is 0 Å². The molecule has 0 radical (unpaired) electrons. The van der Waals surface area contributed by atoms with Crippen molar-refractivity contribution in [2.45, 2.75) is 4.90 Å². The molecule has 0 fully saturated rings. The average Bonchev–Trinajstić information content (AvgIpc) is 2.59. The van der Waals surface area contributed by atoms with Crippen LogP contribution in [-0.2, 0) is 10.1 Å². The molecule has 0 saturated carbocycles. The molecule has 27 heavy (non-hydrogen) atoms. The van der Waals surface area contributed by atoms with Gasteiger partial charge in [0.1, 0.15) is 21.1 Å². The van der Waals surface area contributed by atoms with Gasteiger partial charge in [-0.1, -0.05) is 0 Å². The molecule has 0 atom stereocenters. The fourth-order valence-electron chi connectivity index (χ4n) is 1.26. The number of hydrogen-bond acceptors (Lipinski definition) is 4. The molecule has 0 aliphatic rings. The minimum absolute atomic E-state index is 1.60. The van der Waals surface area contributed by atoms with Crippen LogP contribution in [-0.4, -0.2) is 13.0 Å². The molecule has 0 heterocycles. The molecule has 1 aromatic rings. The fraction of sp³-hybridized carbons (Fsp3) is 0. The number of rotatable bonds is 2. The zero-order valence-electron chi connectivity index (χ0n) is 12.6. The molecule has 0 aromatic heterocycles. The van der Waals surface area contributed by atoms with Gasteiger partial charge in [-0.15, -0.1) is 6.42 Å². The van der Waals surface area contributed by atoms with E-state index in [2.05, 4.69) is 46.2 Å². The number of ether oxygens (including phenoxy) is 1. The van der Waals surface area contributed by atoms with E-state index in [9.17, 15) is 30.5 Å². The van der Waals surface area contributed by atoms with Crippen LogP contribution >= 0.6 is 0 Å². The topological polar surface area (TPSA) is 66.4 Å². The molecule has 0 aliphatic carbocycles. The van der Waals surface area contributed by atoms with E-state index in [1.165, 1.54) is 0 Å². The highest BCUT2D eigenvalue weighted by Crippen LogP contribution is 2.32. The fourth-order valence-corrected chi connectivity index (χ4v) is 1.88. The molecule has 4 nitrogen and oxygen atoms in total. The van der Waals surface area contributed by atoms with Crippen LogP contribution in [0.3, 0.4) is 0 Å². The highest BCUT2D eigenvalue weighted by molar-refractivity contribution is 7.85. The van der Waals surface area contributed by atoms with Crippen molar-refractivity contribution < 1.29 is 35.3 Å². The summed E-state index contributed by atoms with van der Waals surface area (Å²) in [5.41, 5.74) is 0. The number of hydrogen-bond donors (Lipinski definition) is 0. The molecular weight excluding hydrogens is 388 g/mol. The molecule has 0 amide bonds. The molecule has 0 bridgehead atoms. The van der Waals surface area contributed by atoms with Crippen molar-refractivity contribution in [2.75, 3.05) is 0 Å². The molecule has 0 saturated heterocycles. The Labute approximate surface area is 151 Å². The third-order valence-electron chi connectivity index (χ3n) is 2.21. The average molecular weight is 389 g/mol. The lowest BCUT2D eigenvalue weighted by Gasteiger charge is -2.12. The second kappa shape index (κ2) is 9.48. The Morgan fingerprint density at radius 1 is 0.741 bits per heavy atom. The van der Waals surface area contributed by atoms with E-state index in [-0.39, 0.29) is 0 Å². The SMILES string of the molecule is C#CC#CC#CC#CC#CC#COc1c(F)c(F)c(S(=O)(=O)[O-])c(F)c1F. The monoisotopic (exact) mass is 389 g/mol. The highest BCUT2D eigenvalue weighted by Gasteiger charge is 2.30. The lowest BCUT2D eigenvalue weighted by atomic mass is 10.3. The zero-order chi connectivity index (χ0) is 20.4. The van der Waals surface area contributed by atoms with Crippen LogP contribution in [0, 0.1) is 95.0 Å². The van der Waals surface area contributed by atoms with Crippen molar-refractivity contribution in [2.24, 2.45) is 0 Å². The van der Waals surface area contributed by atoms with Crippen molar-refractivity contribution >= 4 is 10.1 Å². The van der Waals surface area contributed by atoms with Crippen molar-refractivity contribution in [1.82, 2.24) is 0 Å². The first-order valence-corrected chi connectivity index (χ1v) is 7.57. The number of halogens is 4. The molecule has 0 unspecified atom stereocenters. The molecule has 9 heteroatoms. The van der Waals surface area contributed by atoms with Crippen LogP contribution in [0.4, 0.5) is 17.6 Å². The third kappa shape index (κ3) is 5.79. The lowest BCUT2D eigenvalue weighted by Crippen LogP contribution is -2.11. The van der Waals surface area contributed by atoms with Crippen molar-refractivity contribution in [3.63, 3.8) is 0 Å². The van der Waals surface area contributed by atoms with Crippen LogP contribution in [0.15, 0.2) is 4.90 Å². The standard InChI is InChI=1S/C18H2F4O4S/c1-2-3-4-5-6-7-8-9-10-11-12-26-17-13(19)15(21)18(27(23,24)25)16(22)14(17)20/h1H,(H,23,24,25)/p-1. The first kappa shape index (κ1) is 21.1. The van der Waals surface area contributed by atoms with Crippen LogP contribution in [0.1, 0.15) is 0 Å². The Morgan fingerprint density at radius 2 is 1.15 bits per heavy atom. The molecule has 0 spiro atoms. The van der Waals surface area contributed by atoms with Crippen molar-refractivity contribution in [3.05, 3.63) is 23.3 Å². The molecular formula is C18HF4O4S-. The second-order valence-electron chi connectivity index (χ2n) is 3.84.